The Balaban J connectivity index is 0. The van der Waals surface area contributed by atoms with E-state index in [0.717, 1.165) is 38.5 Å². The minimum atomic E-state index is -1.14. The first-order valence-corrected chi connectivity index (χ1v) is 17.5. The van der Waals surface area contributed by atoms with E-state index >= 15 is 0 Å². The number of hydrogen-bond donors (Lipinski definition) is 2. The molecule has 16 nitrogen and oxygen atoms in total. The molecule has 0 aliphatic carbocycles. The van der Waals surface area contributed by atoms with Gasteiger partial charge in [0.2, 0.25) is 0 Å². The summed E-state index contributed by atoms with van der Waals surface area (Å²) in [6, 6.07) is 14.7. The van der Waals surface area contributed by atoms with E-state index in [0.29, 0.717) is 22.3 Å². The second-order valence-electron chi connectivity index (χ2n) is 10.1. The molecule has 3 aromatic carbocycles. The van der Waals surface area contributed by atoms with Gasteiger partial charge in [-0.3, -0.25) is 4.79 Å². The summed E-state index contributed by atoms with van der Waals surface area (Å²) in [4.78, 5) is 91.1. The highest BCUT2D eigenvalue weighted by atomic mass is 79.9. The average molecular weight is 947 g/mol. The molecule has 0 saturated carbocycles. The van der Waals surface area contributed by atoms with E-state index in [1.54, 1.807) is 36.4 Å². The molecule has 0 aliphatic rings. The maximum Gasteiger partial charge on any atom is 0.373 e. The van der Waals surface area contributed by atoms with Crippen LogP contribution in [0.2, 0.25) is 0 Å². The van der Waals surface area contributed by atoms with Crippen LogP contribution in [0.25, 0.3) is 24.3 Å². The monoisotopic (exact) mass is 944 g/mol. The summed E-state index contributed by atoms with van der Waals surface area (Å²) < 4.78 is 24.0. The third kappa shape index (κ3) is 25.7. The molecule has 3 aromatic rings. The van der Waals surface area contributed by atoms with E-state index in [-0.39, 0.29) is 24.2 Å². The van der Waals surface area contributed by atoms with E-state index in [2.05, 4.69) is 57.4 Å². The van der Waals surface area contributed by atoms with Crippen LogP contribution >= 0.6 is 31.9 Å². The second kappa shape index (κ2) is 32.1. The van der Waals surface area contributed by atoms with Gasteiger partial charge in [-0.2, -0.15) is 9.59 Å². The first kappa shape index (κ1) is 54.1. The standard InChI is InChI=1S/C15H16O4.C13H10O6.C8H6Br2O2.C4H6O2.CO2/c1-4-5-11-8-12(6-7-14(16)18-2)10-13(9-11)15(17)19-3;14-8-19-4-3-10-5-9(1-2-12(15)16)6-11(7-10)13(17)18;1-12-8(11)5-2-6(9)4-7(10)3-5;1-3-4(5)6-2;2-1-3/h4-10H,1-3H3;1-8H,(H,15,16)(H,17,18);2-4H,1H3;3H,1H2,2H3;/b5-4+,7-6+;2-1+,4-3+;;;. The molecule has 0 aromatic heterocycles. The van der Waals surface area contributed by atoms with Crippen molar-refractivity contribution in [1.29, 1.82) is 0 Å². The Kier molecular flexibility index (Phi) is 29.4. The number of carboxylic acids is 2. The van der Waals surface area contributed by atoms with Crippen LogP contribution < -0.4 is 0 Å². The highest BCUT2D eigenvalue weighted by Crippen LogP contribution is 2.20. The summed E-state index contributed by atoms with van der Waals surface area (Å²) in [5.41, 5.74) is 3.41. The minimum Gasteiger partial charge on any atom is -0.478 e. The molecule has 0 aliphatic heterocycles. The van der Waals surface area contributed by atoms with Crippen molar-refractivity contribution in [3.8, 4) is 0 Å². The third-order valence-corrected chi connectivity index (χ3v) is 6.98. The fraction of sp³-hybridized carbons (Fsp3) is 0.122. The fourth-order valence-corrected chi connectivity index (χ4v) is 5.01. The van der Waals surface area contributed by atoms with Crippen LogP contribution in [-0.4, -0.2) is 87.1 Å². The smallest absolute Gasteiger partial charge is 0.373 e. The highest BCUT2D eigenvalue weighted by Gasteiger charge is 2.08. The Morgan fingerprint density at radius 2 is 1.03 bits per heavy atom. The molecule has 2 N–H and O–H groups in total. The Morgan fingerprint density at radius 1 is 0.610 bits per heavy atom. The molecule has 0 saturated heterocycles. The molecule has 3 rings (SSSR count). The normalized spacial score (nSPS) is 9.75. The van der Waals surface area contributed by atoms with Crippen molar-refractivity contribution >= 4 is 105 Å². The third-order valence-electron chi connectivity index (χ3n) is 6.06. The Morgan fingerprint density at radius 3 is 1.41 bits per heavy atom. The molecule has 0 fully saturated rings. The summed E-state index contributed by atoms with van der Waals surface area (Å²) in [6.07, 6.45) is 12.6. The largest absolute Gasteiger partial charge is 0.478 e. The molecule has 0 radical (unpaired) electrons. The maximum atomic E-state index is 11.6. The van der Waals surface area contributed by atoms with E-state index in [1.165, 1.54) is 58.8 Å². The Bertz CT molecular complexity index is 2050. The molecule has 0 spiro atoms. The van der Waals surface area contributed by atoms with Gasteiger partial charge >= 0.3 is 42.0 Å². The Hall–Kier alpha value is -7.01. The van der Waals surface area contributed by atoms with E-state index in [4.69, 9.17) is 24.5 Å². The topological polar surface area (TPSA) is 240 Å². The van der Waals surface area contributed by atoms with Gasteiger partial charge in [-0.1, -0.05) is 50.6 Å². The first-order chi connectivity index (χ1) is 28.0. The predicted molar refractivity (Wildman–Crippen MR) is 220 cm³/mol. The summed E-state index contributed by atoms with van der Waals surface area (Å²) in [5, 5.41) is 17.5. The quantitative estimate of drug-likeness (QED) is 0.0606. The highest BCUT2D eigenvalue weighted by molar-refractivity contribution is 9.11. The number of carboxylic acid groups (broad SMARTS) is 2. The lowest BCUT2D eigenvalue weighted by atomic mass is 10.0. The van der Waals surface area contributed by atoms with Crippen molar-refractivity contribution in [3.05, 3.63) is 140 Å². The van der Waals surface area contributed by atoms with Crippen LogP contribution in [0.15, 0.2) is 101 Å². The van der Waals surface area contributed by atoms with E-state index in [1.807, 2.05) is 31.2 Å². The molecule has 0 amide bonds. The average Bonchev–Trinajstić information content (AvgIpc) is 3.21. The zero-order valence-corrected chi connectivity index (χ0v) is 35.2. The molecule has 59 heavy (non-hydrogen) atoms. The predicted octanol–water partition coefficient (Wildman–Crippen LogP) is 7.08. The van der Waals surface area contributed by atoms with Crippen molar-refractivity contribution in [2.75, 3.05) is 28.4 Å². The van der Waals surface area contributed by atoms with Gasteiger partial charge in [0.25, 0.3) is 6.47 Å². The summed E-state index contributed by atoms with van der Waals surface area (Å²) >= 11 is 6.55. The van der Waals surface area contributed by atoms with E-state index in [9.17, 15) is 33.6 Å². The molecule has 0 bridgehead atoms. The number of methoxy groups -OCH3 is 4. The lowest BCUT2D eigenvalue weighted by Gasteiger charge is -2.03. The molecule has 0 heterocycles. The molecule has 18 heteroatoms. The van der Waals surface area contributed by atoms with Crippen LogP contribution in [0.3, 0.4) is 0 Å². The number of halogens is 2. The lowest BCUT2D eigenvalue weighted by Crippen LogP contribution is -2.02. The summed E-state index contributed by atoms with van der Waals surface area (Å²) in [6.45, 7) is 5.27. The number of benzene rings is 3. The number of allylic oxidation sites excluding steroid dienone is 1. The molecule has 312 valence electrons. The number of esters is 4. The number of carbonyl (C=O) groups excluding carboxylic acids is 7. The van der Waals surface area contributed by atoms with Crippen molar-refractivity contribution < 1.29 is 77.0 Å². The van der Waals surface area contributed by atoms with Gasteiger partial charge in [-0.25, -0.2) is 28.8 Å². The van der Waals surface area contributed by atoms with E-state index < -0.39 is 29.8 Å². The summed E-state index contributed by atoms with van der Waals surface area (Å²) in [7, 11) is 5.30. The first-order valence-electron chi connectivity index (χ1n) is 15.9. The lowest BCUT2D eigenvalue weighted by molar-refractivity contribution is -0.191. The fourth-order valence-electron chi connectivity index (χ4n) is 3.71. The molecular weight excluding hydrogens is 908 g/mol. The van der Waals surface area contributed by atoms with Crippen molar-refractivity contribution in [2.24, 2.45) is 0 Å². The number of carbonyl (C=O) groups is 7. The summed E-state index contributed by atoms with van der Waals surface area (Å²) in [5.74, 6) is -3.87. The number of rotatable bonds is 12. The molecule has 0 unspecified atom stereocenters. The van der Waals surface area contributed by atoms with Crippen molar-refractivity contribution in [3.63, 3.8) is 0 Å². The van der Waals surface area contributed by atoms with Gasteiger partial charge in [0.15, 0.2) is 0 Å². The number of ether oxygens (including phenoxy) is 5. The number of aromatic carboxylic acids is 1. The number of aliphatic carboxylic acids is 1. The van der Waals surface area contributed by atoms with Crippen LogP contribution in [0, 0.1) is 0 Å². The van der Waals surface area contributed by atoms with Gasteiger partial charge in [0, 0.05) is 27.2 Å². The number of hydrogen-bond acceptors (Lipinski definition) is 14. The van der Waals surface area contributed by atoms with Gasteiger partial charge in [0.1, 0.15) is 0 Å². The van der Waals surface area contributed by atoms with Gasteiger partial charge in [0.05, 0.1) is 51.4 Å². The van der Waals surface area contributed by atoms with Crippen LogP contribution in [0.5, 0.6) is 0 Å². The van der Waals surface area contributed by atoms with Gasteiger partial charge < -0.3 is 33.9 Å². The second-order valence-corrected chi connectivity index (χ2v) is 11.9. The van der Waals surface area contributed by atoms with Crippen LogP contribution in [-0.2, 0) is 52.5 Å². The molecular formula is C41H38Br2O16. The van der Waals surface area contributed by atoms with Crippen molar-refractivity contribution in [1.82, 2.24) is 0 Å². The Labute approximate surface area is 355 Å². The van der Waals surface area contributed by atoms with Crippen molar-refractivity contribution in [2.45, 2.75) is 6.92 Å². The molecule has 0 atom stereocenters. The SMILES string of the molecule is C/C=C/c1cc(/C=C/C(=O)OC)cc(C(=O)OC)c1.C=CC(=O)OC.COC(=O)c1cc(Br)cc(Br)c1.O=C=O.O=CO/C=C/c1cc(/C=C/C(=O)O)cc(C(=O)O)c1. The maximum absolute atomic E-state index is 11.6. The van der Waals surface area contributed by atoms with Gasteiger partial charge in [-0.05, 0) is 102 Å². The van der Waals surface area contributed by atoms with Gasteiger partial charge in [-0.15, -0.1) is 0 Å². The minimum absolute atomic E-state index is 0.00158. The zero-order chi connectivity index (χ0) is 45.3. The van der Waals surface area contributed by atoms with Crippen LogP contribution in [0.4, 0.5) is 0 Å². The van der Waals surface area contributed by atoms with Crippen LogP contribution in [0.1, 0.15) is 60.3 Å². The zero-order valence-electron chi connectivity index (χ0n) is 32.0.